The van der Waals surface area contributed by atoms with Crippen LogP contribution in [0.1, 0.15) is 12.5 Å². The van der Waals surface area contributed by atoms with Gasteiger partial charge in [-0.25, -0.2) is 0 Å². The Morgan fingerprint density at radius 2 is 2.00 bits per heavy atom. The van der Waals surface area contributed by atoms with Crippen LogP contribution in [0.3, 0.4) is 0 Å². The second kappa shape index (κ2) is 5.88. The zero-order valence-electron chi connectivity index (χ0n) is 10.0. The van der Waals surface area contributed by atoms with E-state index in [2.05, 4.69) is 10.6 Å². The highest BCUT2D eigenvalue weighted by Gasteiger charge is 2.04. The van der Waals surface area contributed by atoms with Gasteiger partial charge in [0, 0.05) is 24.5 Å². The van der Waals surface area contributed by atoms with Crippen LogP contribution in [0.25, 0.3) is 0 Å². The van der Waals surface area contributed by atoms with Crippen LogP contribution in [0, 0.1) is 6.92 Å². The molecule has 0 radical (unpaired) electrons. The van der Waals surface area contributed by atoms with Crippen LogP contribution < -0.4 is 10.6 Å². The number of hydrogen-bond donors (Lipinski definition) is 3. The molecule has 0 aliphatic carbocycles. The van der Waals surface area contributed by atoms with Crippen molar-refractivity contribution >= 4 is 21.5 Å². The van der Waals surface area contributed by atoms with Gasteiger partial charge in [-0.2, -0.15) is 8.42 Å². The number of anilines is 2. The van der Waals surface area contributed by atoms with Gasteiger partial charge in [0.2, 0.25) is 0 Å². The van der Waals surface area contributed by atoms with Gasteiger partial charge < -0.3 is 10.6 Å². The molecule has 0 aromatic heterocycles. The predicted octanol–water partition coefficient (Wildman–Crippen LogP) is 1.73. The van der Waals surface area contributed by atoms with Crippen molar-refractivity contribution in [3.8, 4) is 0 Å². The fourth-order valence-corrected chi connectivity index (χ4v) is 1.85. The summed E-state index contributed by atoms with van der Waals surface area (Å²) >= 11 is 0. The SMILES string of the molecule is CCNc1ccc(NCCS(=O)(=O)O)cc1C. The topological polar surface area (TPSA) is 78.4 Å². The van der Waals surface area contributed by atoms with Gasteiger partial charge in [0.15, 0.2) is 0 Å². The lowest BCUT2D eigenvalue weighted by Gasteiger charge is -2.10. The molecule has 0 amide bonds. The van der Waals surface area contributed by atoms with Crippen molar-refractivity contribution in [2.45, 2.75) is 13.8 Å². The summed E-state index contributed by atoms with van der Waals surface area (Å²) in [5.74, 6) is -0.291. The zero-order valence-corrected chi connectivity index (χ0v) is 10.8. The molecule has 0 aliphatic heterocycles. The molecule has 0 bridgehead atoms. The molecule has 0 unspecified atom stereocenters. The molecule has 0 saturated heterocycles. The smallest absolute Gasteiger partial charge is 0.266 e. The Hall–Kier alpha value is -1.27. The van der Waals surface area contributed by atoms with Crippen LogP contribution in [-0.4, -0.2) is 31.8 Å². The van der Waals surface area contributed by atoms with Crippen molar-refractivity contribution < 1.29 is 13.0 Å². The molecule has 3 N–H and O–H groups in total. The molecule has 0 heterocycles. The summed E-state index contributed by atoms with van der Waals surface area (Å²) < 4.78 is 29.7. The number of benzene rings is 1. The van der Waals surface area contributed by atoms with Gasteiger partial charge in [-0.15, -0.1) is 0 Å². The normalized spacial score (nSPS) is 11.2. The van der Waals surface area contributed by atoms with Gasteiger partial charge in [0.25, 0.3) is 10.1 Å². The first kappa shape index (κ1) is 13.8. The number of rotatable bonds is 6. The maximum Gasteiger partial charge on any atom is 0.266 e. The summed E-state index contributed by atoms with van der Waals surface area (Å²) in [6, 6.07) is 5.74. The van der Waals surface area contributed by atoms with E-state index in [4.69, 9.17) is 4.55 Å². The Balaban J connectivity index is 2.58. The molecule has 17 heavy (non-hydrogen) atoms. The van der Waals surface area contributed by atoms with Crippen molar-refractivity contribution in [3.05, 3.63) is 23.8 Å². The zero-order chi connectivity index (χ0) is 12.9. The minimum Gasteiger partial charge on any atom is -0.385 e. The number of hydrogen-bond acceptors (Lipinski definition) is 4. The summed E-state index contributed by atoms with van der Waals surface area (Å²) in [6.45, 7) is 5.05. The molecule has 1 rings (SSSR count). The third kappa shape index (κ3) is 5.06. The van der Waals surface area contributed by atoms with E-state index in [9.17, 15) is 8.42 Å². The van der Waals surface area contributed by atoms with Crippen molar-refractivity contribution in [3.63, 3.8) is 0 Å². The third-order valence-electron chi connectivity index (χ3n) is 2.28. The molecular formula is C11H18N2O3S. The van der Waals surface area contributed by atoms with Crippen molar-refractivity contribution in [1.29, 1.82) is 0 Å². The number of nitrogens with one attached hydrogen (secondary N) is 2. The third-order valence-corrected chi connectivity index (χ3v) is 3.00. The van der Waals surface area contributed by atoms with Crippen molar-refractivity contribution in [2.24, 2.45) is 0 Å². The maximum atomic E-state index is 10.5. The molecule has 5 nitrogen and oxygen atoms in total. The molecule has 0 fully saturated rings. The standard InChI is InChI=1S/C11H18N2O3S/c1-3-12-11-5-4-10(8-9(11)2)13-6-7-17(14,15)16/h4-5,8,12-13H,3,6-7H2,1-2H3,(H,14,15,16). The lowest BCUT2D eigenvalue weighted by atomic mass is 10.2. The molecule has 0 aliphatic rings. The van der Waals surface area contributed by atoms with E-state index in [1.54, 1.807) is 0 Å². The monoisotopic (exact) mass is 258 g/mol. The first-order valence-corrected chi connectivity index (χ1v) is 7.07. The largest absolute Gasteiger partial charge is 0.385 e. The molecule has 0 spiro atoms. The van der Waals surface area contributed by atoms with E-state index in [1.165, 1.54) is 0 Å². The van der Waals surface area contributed by atoms with Gasteiger partial charge in [-0.05, 0) is 37.6 Å². The van der Waals surface area contributed by atoms with Crippen LogP contribution in [-0.2, 0) is 10.1 Å². The summed E-state index contributed by atoms with van der Waals surface area (Å²) in [6.07, 6.45) is 0. The van der Waals surface area contributed by atoms with E-state index in [-0.39, 0.29) is 12.3 Å². The Bertz CT molecular complexity index is 472. The summed E-state index contributed by atoms with van der Waals surface area (Å²) in [4.78, 5) is 0. The summed E-state index contributed by atoms with van der Waals surface area (Å²) in [7, 11) is -3.90. The minimum atomic E-state index is -3.90. The molecule has 1 aromatic rings. The van der Waals surface area contributed by atoms with Crippen LogP contribution in [0.2, 0.25) is 0 Å². The van der Waals surface area contributed by atoms with Crippen LogP contribution in [0.5, 0.6) is 0 Å². The maximum absolute atomic E-state index is 10.5. The van der Waals surface area contributed by atoms with E-state index < -0.39 is 10.1 Å². The highest BCUT2D eigenvalue weighted by atomic mass is 32.2. The Morgan fingerprint density at radius 3 is 2.53 bits per heavy atom. The fourth-order valence-electron chi connectivity index (χ4n) is 1.49. The van der Waals surface area contributed by atoms with E-state index in [1.807, 2.05) is 32.0 Å². The van der Waals surface area contributed by atoms with Gasteiger partial charge in [0.1, 0.15) is 0 Å². The Labute approximate surface area is 102 Å². The molecule has 1 aromatic carbocycles. The first-order valence-electron chi connectivity index (χ1n) is 5.46. The molecule has 0 atom stereocenters. The molecule has 0 saturated carbocycles. The summed E-state index contributed by atoms with van der Waals surface area (Å²) in [5.41, 5.74) is 2.99. The van der Waals surface area contributed by atoms with E-state index >= 15 is 0 Å². The van der Waals surface area contributed by atoms with Crippen LogP contribution >= 0.6 is 0 Å². The van der Waals surface area contributed by atoms with Gasteiger partial charge >= 0.3 is 0 Å². The minimum absolute atomic E-state index is 0.193. The average Bonchev–Trinajstić information content (AvgIpc) is 2.20. The van der Waals surface area contributed by atoms with Gasteiger partial charge in [-0.3, -0.25) is 4.55 Å². The fraction of sp³-hybridized carbons (Fsp3) is 0.455. The Kier molecular flexibility index (Phi) is 4.77. The van der Waals surface area contributed by atoms with Crippen LogP contribution in [0.15, 0.2) is 18.2 Å². The van der Waals surface area contributed by atoms with E-state index in [0.717, 1.165) is 23.5 Å². The molecular weight excluding hydrogens is 240 g/mol. The highest BCUT2D eigenvalue weighted by molar-refractivity contribution is 7.85. The predicted molar refractivity (Wildman–Crippen MR) is 70.2 cm³/mol. The van der Waals surface area contributed by atoms with Gasteiger partial charge in [-0.1, -0.05) is 0 Å². The van der Waals surface area contributed by atoms with Crippen molar-refractivity contribution in [1.82, 2.24) is 0 Å². The van der Waals surface area contributed by atoms with E-state index in [0.29, 0.717) is 0 Å². The van der Waals surface area contributed by atoms with Crippen molar-refractivity contribution in [2.75, 3.05) is 29.5 Å². The average molecular weight is 258 g/mol. The second-order valence-electron chi connectivity index (χ2n) is 3.77. The molecule has 96 valence electrons. The second-order valence-corrected chi connectivity index (χ2v) is 5.34. The summed E-state index contributed by atoms with van der Waals surface area (Å²) in [5, 5.41) is 6.16. The Morgan fingerprint density at radius 1 is 1.29 bits per heavy atom. The highest BCUT2D eigenvalue weighted by Crippen LogP contribution is 2.19. The quantitative estimate of drug-likeness (QED) is 0.677. The number of aryl methyl sites for hydroxylation is 1. The molecule has 6 heteroatoms. The van der Waals surface area contributed by atoms with Gasteiger partial charge in [0.05, 0.1) is 5.75 Å². The lowest BCUT2D eigenvalue weighted by molar-refractivity contribution is 0.484. The first-order chi connectivity index (χ1) is 7.92. The lowest BCUT2D eigenvalue weighted by Crippen LogP contribution is -2.14. The van der Waals surface area contributed by atoms with Crippen LogP contribution in [0.4, 0.5) is 11.4 Å².